The minimum absolute atomic E-state index is 0.00829. The minimum atomic E-state index is -0.141. The van der Waals surface area contributed by atoms with Crippen molar-refractivity contribution in [3.8, 4) is 5.75 Å². The van der Waals surface area contributed by atoms with Crippen LogP contribution in [0, 0.1) is 6.92 Å². The van der Waals surface area contributed by atoms with Crippen molar-refractivity contribution >= 4 is 40.0 Å². The summed E-state index contributed by atoms with van der Waals surface area (Å²) in [6, 6.07) is 14.7. The van der Waals surface area contributed by atoms with Crippen molar-refractivity contribution in [3.63, 3.8) is 0 Å². The highest BCUT2D eigenvalue weighted by Gasteiger charge is 2.11. The number of methoxy groups -OCH3 is 1. The number of aryl methyl sites for hydroxylation is 1. The number of amides is 1. The van der Waals surface area contributed by atoms with Crippen molar-refractivity contribution in [1.29, 1.82) is 0 Å². The molecule has 3 aromatic rings. The average Bonchev–Trinajstić information content (AvgIpc) is 2.66. The van der Waals surface area contributed by atoms with Gasteiger partial charge in [-0.3, -0.25) is 9.59 Å². The van der Waals surface area contributed by atoms with Crippen LogP contribution >= 0.6 is 11.8 Å². The van der Waals surface area contributed by atoms with Gasteiger partial charge < -0.3 is 10.1 Å². The first-order valence-corrected chi connectivity index (χ1v) is 9.44. The smallest absolute Gasteiger partial charge is 0.221 e. The van der Waals surface area contributed by atoms with Crippen LogP contribution in [0.3, 0.4) is 0 Å². The summed E-state index contributed by atoms with van der Waals surface area (Å²) in [4.78, 5) is 28.2. The number of hydrogen-bond donors (Lipinski definition) is 1. The summed E-state index contributed by atoms with van der Waals surface area (Å²) >= 11 is 1.40. The highest BCUT2D eigenvalue weighted by atomic mass is 32.2. The fourth-order valence-electron chi connectivity index (χ4n) is 2.77. The Balaban J connectivity index is 1.74. The van der Waals surface area contributed by atoms with Crippen LogP contribution in [0.15, 0.2) is 53.6 Å². The van der Waals surface area contributed by atoms with Crippen LogP contribution in [0.5, 0.6) is 5.75 Å². The Kier molecular flexibility index (Phi) is 5.76. The number of para-hydroxylation sites is 1. The Morgan fingerprint density at radius 2 is 1.89 bits per heavy atom. The number of rotatable bonds is 6. The lowest BCUT2D eigenvalue weighted by Crippen LogP contribution is -2.07. The van der Waals surface area contributed by atoms with E-state index in [2.05, 4.69) is 10.3 Å². The van der Waals surface area contributed by atoms with Gasteiger partial charge in [-0.1, -0.05) is 23.9 Å². The largest absolute Gasteiger partial charge is 0.494 e. The molecule has 1 amide bonds. The number of Topliss-reactive ketones (excluding diaryl/α,β-unsaturated/α-hetero) is 1. The highest BCUT2D eigenvalue weighted by molar-refractivity contribution is 7.99. The molecule has 0 atom stereocenters. The van der Waals surface area contributed by atoms with E-state index in [1.165, 1.54) is 18.7 Å². The summed E-state index contributed by atoms with van der Waals surface area (Å²) in [6.45, 7) is 3.47. The molecule has 0 aliphatic carbocycles. The van der Waals surface area contributed by atoms with E-state index in [1.807, 2.05) is 31.2 Å². The third kappa shape index (κ3) is 4.46. The van der Waals surface area contributed by atoms with E-state index >= 15 is 0 Å². The molecule has 0 unspecified atom stereocenters. The van der Waals surface area contributed by atoms with Crippen LogP contribution in [0.2, 0.25) is 0 Å². The summed E-state index contributed by atoms with van der Waals surface area (Å²) in [6.07, 6.45) is 0. The number of thioether (sulfide) groups is 1. The quantitative estimate of drug-likeness (QED) is 0.504. The topological polar surface area (TPSA) is 68.3 Å². The molecular weight excluding hydrogens is 360 g/mol. The summed E-state index contributed by atoms with van der Waals surface area (Å²) in [5.41, 5.74) is 3.17. The number of aromatic nitrogens is 1. The molecule has 0 spiro atoms. The van der Waals surface area contributed by atoms with Crippen molar-refractivity contribution < 1.29 is 14.3 Å². The standard InChI is InChI=1S/C21H20N2O3S/c1-13-11-20(23-21-17(13)5-4-6-19(21)26-3)27-12-18(25)15-7-9-16(10-8-15)22-14(2)24/h4-11H,12H2,1-3H3,(H,22,24). The van der Waals surface area contributed by atoms with Gasteiger partial charge in [0.25, 0.3) is 0 Å². The zero-order valence-electron chi connectivity index (χ0n) is 15.4. The first kappa shape index (κ1) is 18.9. The van der Waals surface area contributed by atoms with E-state index in [4.69, 9.17) is 4.74 Å². The number of nitrogens with one attached hydrogen (secondary N) is 1. The minimum Gasteiger partial charge on any atom is -0.494 e. The number of fused-ring (bicyclic) bond motifs is 1. The van der Waals surface area contributed by atoms with Crippen LogP contribution in [-0.4, -0.2) is 29.5 Å². The van der Waals surface area contributed by atoms with Crippen molar-refractivity contribution in [2.24, 2.45) is 0 Å². The van der Waals surface area contributed by atoms with Gasteiger partial charge in [0.1, 0.15) is 11.3 Å². The molecule has 1 heterocycles. The van der Waals surface area contributed by atoms with Gasteiger partial charge in [0, 0.05) is 23.6 Å². The molecule has 138 valence electrons. The number of anilines is 1. The second-order valence-corrected chi connectivity index (χ2v) is 7.10. The lowest BCUT2D eigenvalue weighted by Gasteiger charge is -2.09. The van der Waals surface area contributed by atoms with Crippen molar-refractivity contribution in [1.82, 2.24) is 4.98 Å². The van der Waals surface area contributed by atoms with Crippen molar-refractivity contribution in [2.75, 3.05) is 18.2 Å². The summed E-state index contributed by atoms with van der Waals surface area (Å²) in [5, 5.41) is 4.51. The zero-order chi connectivity index (χ0) is 19.4. The molecule has 6 heteroatoms. The summed E-state index contributed by atoms with van der Waals surface area (Å²) < 4.78 is 5.40. The molecule has 0 aliphatic rings. The van der Waals surface area contributed by atoms with Crippen LogP contribution in [0.25, 0.3) is 10.9 Å². The van der Waals surface area contributed by atoms with E-state index in [0.717, 1.165) is 27.2 Å². The molecule has 5 nitrogen and oxygen atoms in total. The van der Waals surface area contributed by atoms with Crippen LogP contribution < -0.4 is 10.1 Å². The molecule has 0 saturated heterocycles. The predicted molar refractivity (Wildman–Crippen MR) is 109 cm³/mol. The maximum absolute atomic E-state index is 12.5. The van der Waals surface area contributed by atoms with Gasteiger partial charge >= 0.3 is 0 Å². The Labute approximate surface area is 162 Å². The van der Waals surface area contributed by atoms with Crippen molar-refractivity contribution in [2.45, 2.75) is 18.9 Å². The monoisotopic (exact) mass is 380 g/mol. The predicted octanol–water partition coefficient (Wildman–Crippen LogP) is 4.49. The Morgan fingerprint density at radius 1 is 1.15 bits per heavy atom. The van der Waals surface area contributed by atoms with Crippen molar-refractivity contribution in [3.05, 3.63) is 59.7 Å². The van der Waals surface area contributed by atoms with Gasteiger partial charge in [-0.05, 0) is 48.9 Å². The molecule has 1 N–H and O–H groups in total. The maximum Gasteiger partial charge on any atom is 0.221 e. The molecule has 27 heavy (non-hydrogen) atoms. The molecule has 0 fully saturated rings. The summed E-state index contributed by atoms with van der Waals surface area (Å²) in [7, 11) is 1.62. The normalized spacial score (nSPS) is 10.6. The third-order valence-electron chi connectivity index (χ3n) is 4.08. The number of carbonyl (C=O) groups is 2. The molecule has 0 radical (unpaired) electrons. The number of pyridine rings is 1. The summed E-state index contributed by atoms with van der Waals surface area (Å²) in [5.74, 6) is 0.872. The second kappa shape index (κ2) is 8.22. The van der Waals surface area contributed by atoms with E-state index < -0.39 is 0 Å². The molecule has 3 rings (SSSR count). The van der Waals surface area contributed by atoms with Crippen LogP contribution in [-0.2, 0) is 4.79 Å². The van der Waals surface area contributed by atoms with Gasteiger partial charge in [-0.2, -0.15) is 0 Å². The number of carbonyl (C=O) groups excluding carboxylic acids is 2. The molecule has 0 bridgehead atoms. The van der Waals surface area contributed by atoms with E-state index in [1.54, 1.807) is 31.4 Å². The molecule has 0 saturated carbocycles. The Bertz CT molecular complexity index is 1000. The fraction of sp³-hybridized carbons (Fsp3) is 0.190. The van der Waals surface area contributed by atoms with E-state index in [9.17, 15) is 9.59 Å². The zero-order valence-corrected chi connectivity index (χ0v) is 16.2. The Morgan fingerprint density at radius 3 is 2.56 bits per heavy atom. The first-order valence-electron chi connectivity index (χ1n) is 8.46. The molecular formula is C21H20N2O3S. The number of benzene rings is 2. The average molecular weight is 380 g/mol. The van der Waals surface area contributed by atoms with Gasteiger partial charge in [-0.25, -0.2) is 4.98 Å². The molecule has 0 aliphatic heterocycles. The lowest BCUT2D eigenvalue weighted by molar-refractivity contribution is -0.114. The van der Waals surface area contributed by atoms with Gasteiger partial charge in [-0.15, -0.1) is 0 Å². The van der Waals surface area contributed by atoms with Gasteiger partial charge in [0.2, 0.25) is 5.91 Å². The number of ether oxygens (including phenoxy) is 1. The van der Waals surface area contributed by atoms with Crippen LogP contribution in [0.4, 0.5) is 5.69 Å². The Hall–Kier alpha value is -2.86. The maximum atomic E-state index is 12.5. The van der Waals surface area contributed by atoms with Crippen LogP contribution in [0.1, 0.15) is 22.8 Å². The molecule has 2 aromatic carbocycles. The third-order valence-corrected chi connectivity index (χ3v) is 5.00. The van der Waals surface area contributed by atoms with E-state index in [-0.39, 0.29) is 17.4 Å². The van der Waals surface area contributed by atoms with Gasteiger partial charge in [0.15, 0.2) is 5.78 Å². The highest BCUT2D eigenvalue weighted by Crippen LogP contribution is 2.29. The number of ketones is 1. The molecule has 1 aromatic heterocycles. The SMILES string of the molecule is COc1cccc2c(C)cc(SCC(=O)c3ccc(NC(C)=O)cc3)nc12. The lowest BCUT2D eigenvalue weighted by atomic mass is 10.1. The fourth-order valence-corrected chi connectivity index (χ4v) is 3.63. The number of nitrogens with zero attached hydrogens (tertiary/aromatic N) is 1. The first-order chi connectivity index (χ1) is 13.0. The number of hydrogen-bond acceptors (Lipinski definition) is 5. The van der Waals surface area contributed by atoms with Gasteiger partial charge in [0.05, 0.1) is 17.9 Å². The van der Waals surface area contributed by atoms with E-state index in [0.29, 0.717) is 11.3 Å². The second-order valence-electron chi connectivity index (χ2n) is 6.10.